The van der Waals surface area contributed by atoms with Crippen LogP contribution in [-0.4, -0.2) is 36.2 Å². The van der Waals surface area contributed by atoms with Crippen LogP contribution in [0.3, 0.4) is 0 Å². The SMILES string of the molecule is COCCNC(=S)N/N=C\c1cc(C)n(-c2cccc(C(F)(F)F)c2)c1C. The van der Waals surface area contributed by atoms with Crippen molar-refractivity contribution in [2.75, 3.05) is 20.3 Å². The van der Waals surface area contributed by atoms with E-state index in [1.54, 1.807) is 24.0 Å². The zero-order valence-electron chi connectivity index (χ0n) is 15.2. The Balaban J connectivity index is 2.17. The van der Waals surface area contributed by atoms with Gasteiger partial charge < -0.3 is 14.6 Å². The van der Waals surface area contributed by atoms with Gasteiger partial charge in [-0.3, -0.25) is 5.43 Å². The fourth-order valence-electron chi connectivity index (χ4n) is 2.60. The third-order valence-corrected chi connectivity index (χ3v) is 4.10. The number of halogens is 3. The Morgan fingerprint density at radius 3 is 2.70 bits per heavy atom. The van der Waals surface area contributed by atoms with Gasteiger partial charge in [-0.05, 0) is 50.3 Å². The number of nitrogens with zero attached hydrogens (tertiary/aromatic N) is 2. The average Bonchev–Trinajstić information content (AvgIpc) is 2.88. The summed E-state index contributed by atoms with van der Waals surface area (Å²) >= 11 is 5.07. The molecule has 2 N–H and O–H groups in total. The number of hydrogen-bond acceptors (Lipinski definition) is 3. The number of methoxy groups -OCH3 is 1. The van der Waals surface area contributed by atoms with Gasteiger partial charge in [0.05, 0.1) is 18.4 Å². The second-order valence-electron chi connectivity index (χ2n) is 5.83. The molecule has 0 atom stereocenters. The lowest BCUT2D eigenvalue weighted by Crippen LogP contribution is -2.34. The number of aromatic nitrogens is 1. The van der Waals surface area contributed by atoms with Crippen molar-refractivity contribution in [1.82, 2.24) is 15.3 Å². The Morgan fingerprint density at radius 1 is 1.30 bits per heavy atom. The first-order valence-electron chi connectivity index (χ1n) is 8.16. The molecular weight excluding hydrogens is 377 g/mol. The van der Waals surface area contributed by atoms with E-state index >= 15 is 0 Å². The van der Waals surface area contributed by atoms with Crippen LogP contribution in [0, 0.1) is 13.8 Å². The topological polar surface area (TPSA) is 50.6 Å². The summed E-state index contributed by atoms with van der Waals surface area (Å²) in [7, 11) is 1.59. The van der Waals surface area contributed by atoms with Gasteiger partial charge in [0, 0.05) is 36.3 Å². The molecule has 0 saturated heterocycles. The predicted molar refractivity (Wildman–Crippen MR) is 103 cm³/mol. The number of nitrogens with one attached hydrogen (secondary N) is 2. The van der Waals surface area contributed by atoms with Crippen molar-refractivity contribution >= 4 is 23.5 Å². The summed E-state index contributed by atoms with van der Waals surface area (Å²) in [6.45, 7) is 4.73. The van der Waals surface area contributed by atoms with E-state index in [4.69, 9.17) is 17.0 Å². The summed E-state index contributed by atoms with van der Waals surface area (Å²) in [5, 5.41) is 7.35. The zero-order valence-corrected chi connectivity index (χ0v) is 16.0. The Kier molecular flexibility index (Phi) is 6.98. The number of alkyl halides is 3. The van der Waals surface area contributed by atoms with E-state index in [0.29, 0.717) is 24.0 Å². The number of hydrogen-bond donors (Lipinski definition) is 2. The second-order valence-corrected chi connectivity index (χ2v) is 6.24. The third kappa shape index (κ3) is 5.54. The lowest BCUT2D eigenvalue weighted by Gasteiger charge is -2.13. The highest BCUT2D eigenvalue weighted by molar-refractivity contribution is 7.80. The molecule has 2 aromatic rings. The average molecular weight is 398 g/mol. The first kappa shape index (κ1) is 20.9. The number of aryl methyl sites for hydroxylation is 1. The quantitative estimate of drug-likeness (QED) is 0.338. The minimum atomic E-state index is -4.38. The number of benzene rings is 1. The smallest absolute Gasteiger partial charge is 0.383 e. The normalized spacial score (nSPS) is 11.8. The van der Waals surface area contributed by atoms with Crippen molar-refractivity contribution in [2.45, 2.75) is 20.0 Å². The number of rotatable bonds is 6. The van der Waals surface area contributed by atoms with E-state index < -0.39 is 11.7 Å². The summed E-state index contributed by atoms with van der Waals surface area (Å²) in [6.07, 6.45) is -2.80. The monoisotopic (exact) mass is 398 g/mol. The summed E-state index contributed by atoms with van der Waals surface area (Å²) < 4.78 is 45.6. The molecule has 0 aliphatic carbocycles. The van der Waals surface area contributed by atoms with E-state index in [-0.39, 0.29) is 0 Å². The minimum absolute atomic E-state index is 0.356. The minimum Gasteiger partial charge on any atom is -0.383 e. The highest BCUT2D eigenvalue weighted by atomic mass is 32.1. The summed E-state index contributed by atoms with van der Waals surface area (Å²) in [5.74, 6) is 0. The van der Waals surface area contributed by atoms with Gasteiger partial charge in [-0.2, -0.15) is 18.3 Å². The molecular formula is C18H21F3N4OS. The third-order valence-electron chi connectivity index (χ3n) is 3.86. The van der Waals surface area contributed by atoms with Crippen molar-refractivity contribution in [2.24, 2.45) is 5.10 Å². The fourth-order valence-corrected chi connectivity index (χ4v) is 2.76. The lowest BCUT2D eigenvalue weighted by molar-refractivity contribution is -0.137. The molecule has 2 rings (SSSR count). The predicted octanol–water partition coefficient (Wildman–Crippen LogP) is 3.56. The van der Waals surface area contributed by atoms with Crippen LogP contribution in [0.15, 0.2) is 35.4 Å². The van der Waals surface area contributed by atoms with Crippen molar-refractivity contribution in [1.29, 1.82) is 0 Å². The molecule has 146 valence electrons. The largest absolute Gasteiger partial charge is 0.416 e. The Morgan fingerprint density at radius 2 is 2.04 bits per heavy atom. The van der Waals surface area contributed by atoms with Crippen LogP contribution in [0.4, 0.5) is 13.2 Å². The number of thiocarbonyl (C=S) groups is 1. The molecule has 0 aliphatic heterocycles. The molecule has 1 heterocycles. The maximum Gasteiger partial charge on any atom is 0.416 e. The van der Waals surface area contributed by atoms with Crippen molar-refractivity contribution in [3.05, 3.63) is 52.8 Å². The maximum absolute atomic E-state index is 13.0. The Hall–Kier alpha value is -2.39. The van der Waals surface area contributed by atoms with E-state index in [1.807, 2.05) is 19.9 Å². The van der Waals surface area contributed by atoms with E-state index in [1.165, 1.54) is 6.07 Å². The number of hydrazone groups is 1. The molecule has 5 nitrogen and oxygen atoms in total. The molecule has 0 radical (unpaired) electrons. The summed E-state index contributed by atoms with van der Waals surface area (Å²) in [4.78, 5) is 0. The van der Waals surface area contributed by atoms with Crippen LogP contribution in [0.25, 0.3) is 5.69 Å². The van der Waals surface area contributed by atoms with Crippen LogP contribution in [-0.2, 0) is 10.9 Å². The van der Waals surface area contributed by atoms with Gasteiger partial charge in [0.1, 0.15) is 0 Å². The van der Waals surface area contributed by atoms with Crippen molar-refractivity contribution in [3.8, 4) is 5.69 Å². The van der Waals surface area contributed by atoms with Gasteiger partial charge in [0.2, 0.25) is 0 Å². The molecule has 9 heteroatoms. The standard InChI is InChI=1S/C18H21F3N4OS/c1-12-9-14(11-23-24-17(27)22-7-8-26-3)13(2)25(12)16-6-4-5-15(10-16)18(19,20)21/h4-6,9-11H,7-8H2,1-3H3,(H2,22,24,27)/b23-11-. The van der Waals surface area contributed by atoms with Crippen LogP contribution in [0.5, 0.6) is 0 Å². The summed E-state index contributed by atoms with van der Waals surface area (Å²) in [5.41, 5.74) is 4.80. The Bertz CT molecular complexity index is 830. The molecule has 27 heavy (non-hydrogen) atoms. The van der Waals surface area contributed by atoms with E-state index in [9.17, 15) is 13.2 Å². The second kappa shape index (κ2) is 9.01. The lowest BCUT2D eigenvalue weighted by atomic mass is 10.2. The molecule has 0 fully saturated rings. The van der Waals surface area contributed by atoms with Gasteiger partial charge in [-0.15, -0.1) is 0 Å². The summed E-state index contributed by atoms with van der Waals surface area (Å²) in [6, 6.07) is 7.08. The molecule has 0 unspecified atom stereocenters. The zero-order chi connectivity index (χ0) is 20.0. The van der Waals surface area contributed by atoms with Crippen molar-refractivity contribution < 1.29 is 17.9 Å². The molecule has 0 saturated carbocycles. The molecule has 0 spiro atoms. The van der Waals surface area contributed by atoms with Crippen molar-refractivity contribution in [3.63, 3.8) is 0 Å². The van der Waals surface area contributed by atoms with Crippen LogP contribution < -0.4 is 10.7 Å². The molecule has 1 aromatic carbocycles. The van der Waals surface area contributed by atoms with E-state index in [2.05, 4.69) is 15.8 Å². The Labute approximate surface area is 161 Å². The number of ether oxygens (including phenoxy) is 1. The molecule has 0 bridgehead atoms. The van der Waals surface area contributed by atoms with Crippen LogP contribution >= 0.6 is 12.2 Å². The van der Waals surface area contributed by atoms with Gasteiger partial charge >= 0.3 is 6.18 Å². The van der Waals surface area contributed by atoms with Gasteiger partial charge in [0.25, 0.3) is 0 Å². The molecule has 0 aliphatic rings. The maximum atomic E-state index is 13.0. The first-order chi connectivity index (χ1) is 12.7. The first-order valence-corrected chi connectivity index (χ1v) is 8.57. The van der Waals surface area contributed by atoms with Crippen LogP contribution in [0.1, 0.15) is 22.5 Å². The molecule has 0 amide bonds. The van der Waals surface area contributed by atoms with E-state index in [0.717, 1.165) is 29.1 Å². The fraction of sp³-hybridized carbons (Fsp3) is 0.333. The highest BCUT2D eigenvalue weighted by Gasteiger charge is 2.30. The highest BCUT2D eigenvalue weighted by Crippen LogP contribution is 2.31. The van der Waals surface area contributed by atoms with Gasteiger partial charge in [0.15, 0.2) is 5.11 Å². The van der Waals surface area contributed by atoms with Gasteiger partial charge in [-0.1, -0.05) is 6.07 Å². The van der Waals surface area contributed by atoms with Crippen LogP contribution in [0.2, 0.25) is 0 Å². The molecule has 1 aromatic heterocycles. The van der Waals surface area contributed by atoms with Gasteiger partial charge in [-0.25, -0.2) is 0 Å².